The second kappa shape index (κ2) is 4.37. The molecule has 0 aliphatic heterocycles. The first-order chi connectivity index (χ1) is 5.72. The van der Waals surface area contributed by atoms with Crippen LogP contribution in [0.4, 0.5) is 0 Å². The molecule has 1 heterocycles. The van der Waals surface area contributed by atoms with E-state index in [4.69, 9.17) is 21.4 Å². The lowest BCUT2D eigenvalue weighted by Crippen LogP contribution is -2.07. The molecule has 1 rings (SSSR count). The number of H-pyrrole nitrogens is 1. The van der Waals surface area contributed by atoms with Crippen molar-refractivity contribution in [1.82, 2.24) is 10.2 Å². The quantitative estimate of drug-likeness (QED) is 0.728. The molecule has 0 fully saturated rings. The summed E-state index contributed by atoms with van der Waals surface area (Å²) in [5.41, 5.74) is 0. The summed E-state index contributed by atoms with van der Waals surface area (Å²) in [4.78, 5) is 0.328. The van der Waals surface area contributed by atoms with E-state index < -0.39 is 0 Å². The van der Waals surface area contributed by atoms with Gasteiger partial charge in [-0.3, -0.25) is 0 Å². The number of methoxy groups -OCH3 is 1. The zero-order valence-corrected chi connectivity index (χ0v) is 7.98. The lowest BCUT2D eigenvalue weighted by molar-refractivity contribution is 0.156. The predicted octanol–water partition coefficient (Wildman–Crippen LogP) is 1.56. The van der Waals surface area contributed by atoms with E-state index >= 15 is 0 Å². The van der Waals surface area contributed by atoms with Gasteiger partial charge in [-0.2, -0.15) is 0 Å². The van der Waals surface area contributed by atoms with Crippen LogP contribution in [0.5, 0.6) is 0 Å². The maximum Gasteiger partial charge on any atom is 0.284 e. The van der Waals surface area contributed by atoms with Gasteiger partial charge in [-0.25, -0.2) is 5.10 Å². The molecule has 68 valence electrons. The zero-order chi connectivity index (χ0) is 8.97. The van der Waals surface area contributed by atoms with Crippen molar-refractivity contribution in [2.45, 2.75) is 13.3 Å². The topological polar surface area (TPSA) is 51.0 Å². The first-order valence-electron chi connectivity index (χ1n) is 3.75. The predicted molar refractivity (Wildman–Crippen MR) is 46.4 cm³/mol. The highest BCUT2D eigenvalue weighted by molar-refractivity contribution is 7.71. The number of hydrogen-bond donors (Lipinski definition) is 1. The van der Waals surface area contributed by atoms with E-state index in [0.29, 0.717) is 23.3 Å². The fraction of sp³-hybridized carbons (Fsp3) is 0.714. The summed E-state index contributed by atoms with van der Waals surface area (Å²) < 4.78 is 10.1. The maximum atomic E-state index is 5.09. The Balaban J connectivity index is 2.46. The smallest absolute Gasteiger partial charge is 0.284 e. The van der Waals surface area contributed by atoms with Crippen LogP contribution < -0.4 is 0 Å². The lowest BCUT2D eigenvalue weighted by atomic mass is 10.1. The van der Waals surface area contributed by atoms with E-state index in [9.17, 15) is 0 Å². The molecular formula is C7H12N2O2S. The number of hydrogen-bond acceptors (Lipinski definition) is 4. The van der Waals surface area contributed by atoms with Gasteiger partial charge in [-0.05, 0) is 18.1 Å². The largest absolute Gasteiger partial charge is 0.414 e. The molecule has 0 saturated heterocycles. The summed E-state index contributed by atoms with van der Waals surface area (Å²) in [6.07, 6.45) is 0.751. The van der Waals surface area contributed by atoms with E-state index in [0.717, 1.165) is 6.42 Å². The Morgan fingerprint density at radius 2 is 2.50 bits per heavy atom. The van der Waals surface area contributed by atoms with Gasteiger partial charge in [0.2, 0.25) is 5.89 Å². The van der Waals surface area contributed by atoms with E-state index in [1.54, 1.807) is 7.11 Å². The molecule has 0 radical (unpaired) electrons. The molecule has 0 spiro atoms. The second-order valence-corrected chi connectivity index (χ2v) is 3.14. The summed E-state index contributed by atoms with van der Waals surface area (Å²) >= 11 is 4.73. The Bertz CT molecular complexity index is 281. The molecule has 12 heavy (non-hydrogen) atoms. The van der Waals surface area contributed by atoms with Crippen molar-refractivity contribution in [1.29, 1.82) is 0 Å². The van der Waals surface area contributed by atoms with Gasteiger partial charge < -0.3 is 9.15 Å². The molecule has 1 aromatic rings. The Morgan fingerprint density at radius 1 is 1.75 bits per heavy atom. The van der Waals surface area contributed by atoms with Crippen LogP contribution in [0.25, 0.3) is 0 Å². The van der Waals surface area contributed by atoms with Crippen LogP contribution >= 0.6 is 12.2 Å². The molecule has 0 bridgehead atoms. The van der Waals surface area contributed by atoms with Crippen LogP contribution in [-0.2, 0) is 11.2 Å². The molecule has 0 saturated carbocycles. The molecule has 4 nitrogen and oxygen atoms in total. The molecule has 1 aromatic heterocycles. The van der Waals surface area contributed by atoms with Crippen LogP contribution in [-0.4, -0.2) is 23.9 Å². The van der Waals surface area contributed by atoms with Crippen LogP contribution in [0.2, 0.25) is 0 Å². The van der Waals surface area contributed by atoms with Gasteiger partial charge >= 0.3 is 0 Å². The fourth-order valence-corrected chi connectivity index (χ4v) is 1.13. The third-order valence-corrected chi connectivity index (χ3v) is 1.63. The minimum Gasteiger partial charge on any atom is -0.414 e. The van der Waals surface area contributed by atoms with E-state index in [1.807, 2.05) is 0 Å². The number of nitrogens with one attached hydrogen (secondary N) is 1. The molecule has 1 atom stereocenters. The van der Waals surface area contributed by atoms with E-state index in [1.165, 1.54) is 0 Å². The van der Waals surface area contributed by atoms with E-state index in [2.05, 4.69) is 17.1 Å². The molecular weight excluding hydrogens is 176 g/mol. The first kappa shape index (κ1) is 9.41. The molecule has 1 unspecified atom stereocenters. The number of ether oxygens (including phenoxy) is 1. The summed E-state index contributed by atoms with van der Waals surface area (Å²) in [6, 6.07) is 0. The Labute approximate surface area is 75.9 Å². The van der Waals surface area contributed by atoms with Crippen LogP contribution in [0, 0.1) is 10.8 Å². The molecule has 0 amide bonds. The highest BCUT2D eigenvalue weighted by atomic mass is 32.1. The summed E-state index contributed by atoms with van der Waals surface area (Å²) in [7, 11) is 1.68. The lowest BCUT2D eigenvalue weighted by Gasteiger charge is -2.05. The van der Waals surface area contributed by atoms with Gasteiger partial charge in [0.25, 0.3) is 4.84 Å². The Kier molecular flexibility index (Phi) is 3.43. The maximum absolute atomic E-state index is 5.09. The van der Waals surface area contributed by atoms with Crippen molar-refractivity contribution in [2.75, 3.05) is 13.7 Å². The highest BCUT2D eigenvalue weighted by Gasteiger charge is 2.06. The number of nitrogens with zero attached hydrogens (tertiary/aromatic N) is 1. The third kappa shape index (κ3) is 2.75. The summed E-state index contributed by atoms with van der Waals surface area (Å²) in [6.45, 7) is 2.77. The molecule has 0 aliphatic carbocycles. The third-order valence-electron chi connectivity index (χ3n) is 1.46. The molecule has 0 aromatic carbocycles. The van der Waals surface area contributed by atoms with E-state index in [-0.39, 0.29) is 0 Å². The second-order valence-electron chi connectivity index (χ2n) is 2.77. The highest BCUT2D eigenvalue weighted by Crippen LogP contribution is 2.05. The number of aromatic amines is 1. The first-order valence-corrected chi connectivity index (χ1v) is 4.16. The van der Waals surface area contributed by atoms with Gasteiger partial charge in [0.05, 0.1) is 0 Å². The van der Waals surface area contributed by atoms with Crippen molar-refractivity contribution in [3.05, 3.63) is 10.7 Å². The molecule has 1 N–H and O–H groups in total. The zero-order valence-electron chi connectivity index (χ0n) is 7.16. The van der Waals surface area contributed by atoms with Crippen LogP contribution in [0.15, 0.2) is 4.42 Å². The normalized spacial score (nSPS) is 13.2. The SMILES string of the molecule is COCC(C)Cc1n[nH]c(=S)o1. The van der Waals surface area contributed by atoms with Gasteiger partial charge in [0.1, 0.15) is 0 Å². The van der Waals surface area contributed by atoms with Crippen LogP contribution in [0.3, 0.4) is 0 Å². The summed E-state index contributed by atoms with van der Waals surface area (Å²) in [5, 5.41) is 6.46. The average Bonchev–Trinajstić information content (AvgIpc) is 2.36. The van der Waals surface area contributed by atoms with Crippen LogP contribution in [0.1, 0.15) is 12.8 Å². The molecule has 0 aliphatic rings. The minimum absolute atomic E-state index is 0.328. The standard InChI is InChI=1S/C7H12N2O2S/c1-5(4-10-2)3-6-8-9-7(12)11-6/h5H,3-4H2,1-2H3,(H,9,12). The van der Waals surface area contributed by atoms with Gasteiger partial charge in [0.15, 0.2) is 0 Å². The number of rotatable bonds is 4. The monoisotopic (exact) mass is 188 g/mol. The van der Waals surface area contributed by atoms with Gasteiger partial charge in [-0.1, -0.05) is 6.92 Å². The summed E-state index contributed by atoms with van der Waals surface area (Å²) in [5.74, 6) is 1.04. The fourth-order valence-electron chi connectivity index (χ4n) is 0.989. The minimum atomic E-state index is 0.328. The van der Waals surface area contributed by atoms with Crippen molar-refractivity contribution in [3.63, 3.8) is 0 Å². The van der Waals surface area contributed by atoms with Crippen molar-refractivity contribution in [3.8, 4) is 0 Å². The van der Waals surface area contributed by atoms with Gasteiger partial charge in [-0.15, -0.1) is 5.10 Å². The number of aromatic nitrogens is 2. The molecule has 5 heteroatoms. The van der Waals surface area contributed by atoms with Crippen molar-refractivity contribution >= 4 is 12.2 Å². The van der Waals surface area contributed by atoms with Crippen molar-refractivity contribution in [2.24, 2.45) is 5.92 Å². The van der Waals surface area contributed by atoms with Gasteiger partial charge in [0, 0.05) is 20.1 Å². The Morgan fingerprint density at radius 3 is 3.00 bits per heavy atom. The average molecular weight is 188 g/mol. The van der Waals surface area contributed by atoms with Crippen molar-refractivity contribution < 1.29 is 9.15 Å². The Hall–Kier alpha value is -0.680.